The number of azo groups is 1. The van der Waals surface area contributed by atoms with Crippen LogP contribution in [-0.4, -0.2) is 229 Å². The molecule has 0 spiro atoms. The zero-order valence-corrected chi connectivity index (χ0v) is 96.8. The number of unbranched alkanes of at least 4 members (excludes halogenated alkanes) is 10. The maximum absolute atomic E-state index is 11.9. The highest BCUT2D eigenvalue weighted by molar-refractivity contribution is 7.90. The minimum Gasteiger partial charge on any atom is -0.772 e. The average Bonchev–Trinajstić information content (AvgIpc) is 0.930. The molecule has 0 saturated heterocycles. The lowest BCUT2D eigenvalue weighted by molar-refractivity contribution is -0.515. The second-order valence-corrected chi connectivity index (χ2v) is 61.2. The van der Waals surface area contributed by atoms with E-state index in [1.165, 1.54) is 37.1 Å². The molecular weight excluding hydrogens is 1930 g/mol. The number of nitrogens with one attached hydrogen (secondary N) is 7. The van der Waals surface area contributed by atoms with Gasteiger partial charge < -0.3 is 102 Å². The van der Waals surface area contributed by atoms with Crippen LogP contribution in [-0.2, 0) is 63.2 Å². The Bertz CT molecular complexity index is 4300. The summed E-state index contributed by atoms with van der Waals surface area (Å²) in [6, 6.07) is 43.2. The van der Waals surface area contributed by atoms with Crippen LogP contribution >= 0.6 is 11.3 Å². The van der Waals surface area contributed by atoms with Gasteiger partial charge >= 0.3 is 0 Å². The third kappa shape index (κ3) is 66.7. The first-order valence-electron chi connectivity index (χ1n) is 49.1. The van der Waals surface area contributed by atoms with Crippen LogP contribution in [0.1, 0.15) is 247 Å². The summed E-state index contributed by atoms with van der Waals surface area (Å²) in [5.74, 6) is 0. The first-order valence-corrected chi connectivity index (χ1v) is 61.5. The molecule has 0 bridgehead atoms. The van der Waals surface area contributed by atoms with Crippen LogP contribution in [0.2, 0.25) is 36.3 Å². The summed E-state index contributed by atoms with van der Waals surface area (Å²) in [4.78, 5) is 10.2. The summed E-state index contributed by atoms with van der Waals surface area (Å²) >= 11 is -6.07. The quantitative estimate of drug-likeness (QED) is 0.00730. The molecule has 1 aliphatic heterocycles. The van der Waals surface area contributed by atoms with Crippen molar-refractivity contribution in [2.75, 3.05) is 166 Å². The van der Waals surface area contributed by atoms with Crippen LogP contribution in [0.25, 0.3) is 0 Å². The summed E-state index contributed by atoms with van der Waals surface area (Å²) in [7, 11) is -6.75. The molecular formula is C100H185N18O14S6Si2-3. The Morgan fingerprint density at radius 1 is 0.421 bits per heavy atom. The van der Waals surface area contributed by atoms with Gasteiger partial charge in [0.1, 0.15) is 0 Å². The van der Waals surface area contributed by atoms with E-state index in [2.05, 4.69) is 184 Å². The maximum atomic E-state index is 11.9. The number of hydrogen-bond donors (Lipinski definition) is 13. The van der Waals surface area contributed by atoms with Crippen molar-refractivity contribution in [2.45, 2.75) is 309 Å². The first-order chi connectivity index (χ1) is 65.2. The summed E-state index contributed by atoms with van der Waals surface area (Å²) in [6.45, 7) is 63.3. The van der Waals surface area contributed by atoms with Gasteiger partial charge in [-0.3, -0.25) is 16.8 Å². The fourth-order valence-corrected chi connectivity index (χ4v) is 14.1. The molecule has 0 fully saturated rings. The topological polar surface area (TPSA) is 501 Å². The van der Waals surface area contributed by atoms with Crippen molar-refractivity contribution in [1.29, 1.82) is 0 Å². The molecule has 17 N–H and O–H groups in total. The molecule has 140 heavy (non-hydrogen) atoms. The molecule has 1 aliphatic rings. The Kier molecular flexibility index (Phi) is 70.8. The van der Waals surface area contributed by atoms with E-state index < -0.39 is 94.7 Å². The average molecular weight is 2110 g/mol. The molecule has 6 aromatic rings. The van der Waals surface area contributed by atoms with Crippen LogP contribution in [0.3, 0.4) is 0 Å². The lowest BCUT2D eigenvalue weighted by Gasteiger charge is -2.38. The highest BCUT2D eigenvalue weighted by Crippen LogP contribution is 2.38. The molecule has 4 unspecified atom stereocenters. The monoisotopic (exact) mass is 2110 g/mol. The number of hydrogen-bond acceptors (Lipinski definition) is 31. The Labute approximate surface area is 861 Å². The summed E-state index contributed by atoms with van der Waals surface area (Å²) in [5.41, 5.74) is 32.7. The van der Waals surface area contributed by atoms with E-state index in [-0.39, 0.29) is 23.3 Å². The minimum absolute atomic E-state index is 0.0845. The number of sulfonamides is 1. The van der Waals surface area contributed by atoms with Crippen LogP contribution in [0.15, 0.2) is 148 Å². The van der Waals surface area contributed by atoms with E-state index in [0.717, 1.165) is 206 Å². The van der Waals surface area contributed by atoms with Gasteiger partial charge in [-0.2, -0.15) is 0 Å². The molecule has 0 amide bonds. The lowest BCUT2D eigenvalue weighted by Crippen LogP contribution is -2.44. The van der Waals surface area contributed by atoms with Crippen molar-refractivity contribution in [3.63, 3.8) is 0 Å². The zero-order valence-electron chi connectivity index (χ0n) is 89.9. The number of para-hydroxylation sites is 1. The molecule has 0 aliphatic carbocycles. The molecule has 7 rings (SSSR count). The fraction of sp³-hybridized carbons (Fsp3) is 0.670. The van der Waals surface area contributed by atoms with Crippen molar-refractivity contribution >= 4 is 139 Å². The van der Waals surface area contributed by atoms with Crippen LogP contribution in [0, 0.1) is 6.92 Å². The van der Waals surface area contributed by atoms with Crippen molar-refractivity contribution < 1.29 is 67.3 Å². The second kappa shape index (κ2) is 73.0. The van der Waals surface area contributed by atoms with E-state index >= 15 is 0 Å². The number of aryl methyl sites for hydroxylation is 1. The van der Waals surface area contributed by atoms with E-state index in [9.17, 15) is 43.5 Å². The Morgan fingerprint density at radius 2 is 0.714 bits per heavy atom. The van der Waals surface area contributed by atoms with Crippen LogP contribution < -0.4 is 69.4 Å². The Balaban J connectivity index is 0. The molecule has 1 aromatic heterocycles. The van der Waals surface area contributed by atoms with Gasteiger partial charge in [-0.1, -0.05) is 91.8 Å². The smallest absolute Gasteiger partial charge is 0.286 e. The molecule has 0 saturated carbocycles. The first kappa shape index (κ1) is 136. The van der Waals surface area contributed by atoms with Gasteiger partial charge in [-0.05, 0) is 396 Å². The van der Waals surface area contributed by atoms with E-state index in [0.29, 0.717) is 26.3 Å². The van der Waals surface area contributed by atoms with Crippen molar-refractivity contribution in [2.24, 2.45) is 38.4 Å². The predicted octanol–water partition coefficient (Wildman–Crippen LogP) is 20.1. The molecule has 2 heterocycles. The number of nitrogens with zero attached hydrogens (tertiary/aromatic N) is 7. The number of thiazole rings is 1. The minimum atomic E-state index is -3.23. The summed E-state index contributed by atoms with van der Waals surface area (Å²) in [6.07, 6.45) is 16.5. The number of rotatable bonds is 49. The van der Waals surface area contributed by atoms with Gasteiger partial charge in [0, 0.05) is 140 Å². The van der Waals surface area contributed by atoms with Gasteiger partial charge in [0.25, 0.3) is 6.67 Å². The number of aromatic nitrogens is 1. The molecule has 40 heteroatoms. The van der Waals surface area contributed by atoms with Gasteiger partial charge in [-0.15, -0.1) is 11.3 Å². The number of benzene rings is 5. The molecule has 32 nitrogen and oxygen atoms in total. The standard InChI is InChI=1S/C27H55N3O2Si2.C21H31N3O2S.C15H27N3O2.C12H19N6.C9H17N3S.4C4H10O2S/c1-26(2,3)33(7,8)31-22-20-30(21-23-32-34(9,10)27(4,5)6)25-16-14-24(15-17-25)29-19-13-11-12-18-28;1-21(2,3)27(25,26)23-17-9-5-8-16-22-18-12-14-20(15-13-18)24-19-10-6-4-7-11-19;16-8-2-1-3-9-17-14-4-6-15(7-5-14)18(10-12-19)11-13-20;13-8-2-1-3-9-14-11-4-6-12(7-5-11)18-16-10-15-17-18;1-8-7-13-9(12-8)11-6-4-2-3-5-10;4*1-4(2,3)7(5)6/h14-17,29H,11-13,18-23,28H2,1-10H3;4,6-7,10-15,22-24H,5,8-9,16-17H2,1-3H3;4-7,17,19-20H,1-3,8-13,16H2;4-7,14H,1-3,8-10,13H2;7H,2-6,10H2,1H3,(H,11,12);4*1-3H3,(H,5,6)/q;;;+1;;;;;/p-4. The van der Waals surface area contributed by atoms with E-state index in [4.69, 9.17) is 42.0 Å². The van der Waals surface area contributed by atoms with Gasteiger partial charge in [0.05, 0.1) is 42.0 Å². The highest BCUT2D eigenvalue weighted by atomic mass is 32.2. The maximum Gasteiger partial charge on any atom is 0.286 e. The van der Waals surface area contributed by atoms with Crippen molar-refractivity contribution in [3.05, 3.63) is 138 Å². The molecule has 5 aromatic carbocycles. The predicted molar refractivity (Wildman–Crippen MR) is 599 cm³/mol. The van der Waals surface area contributed by atoms with Crippen LogP contribution in [0.4, 0.5) is 56.3 Å². The highest BCUT2D eigenvalue weighted by Gasteiger charge is 2.39. The Hall–Kier alpha value is -6.21. The molecule has 0 radical (unpaired) electrons. The van der Waals surface area contributed by atoms with E-state index in [1.807, 2.05) is 90.7 Å². The van der Waals surface area contributed by atoms with E-state index in [1.54, 1.807) is 120 Å². The normalized spacial score (nSPS) is 13.1. The third-order valence-electron chi connectivity index (χ3n) is 21.6. The van der Waals surface area contributed by atoms with Gasteiger partial charge in [-0.25, -0.2) is 18.1 Å². The Morgan fingerprint density at radius 3 is 1.00 bits per heavy atom. The molecule has 806 valence electrons. The lowest BCUT2D eigenvalue weighted by atomic mass is 10.2. The van der Waals surface area contributed by atoms with Crippen LogP contribution in [0.5, 0.6) is 0 Å². The van der Waals surface area contributed by atoms with Gasteiger partial charge in [0.2, 0.25) is 10.0 Å². The fourth-order valence-electron chi connectivity index (χ4n) is 10.4. The SMILES string of the molecule is CC(C)(C)S(=O)(=O)NCCCCCNc1ccc(Nc2ccccc2)cc1.CC(C)(C)S(=O)[O-].CC(C)(C)S(=O)[O-].CC(C)(C)S(=O)[O-].CC(C)(C)S(=O)[O-].CC(C)(C)[Si](C)(C)OCCN(CCO[Si](C)(C)C(C)(C)C)c1ccc(NCCCCCN)cc1.Cc1csc(NCCCCCN)n1.NCCCCCNc1ccc(N(CCO)CCO)cc1.NCCCCCNc1ccc([N+]2=NCN=N2)cc1. The third-order valence-corrected chi connectivity index (χ3v) is 37.8. The molecule has 4 atom stereocenters. The second-order valence-electron chi connectivity index (χ2n) is 41.4. The largest absolute Gasteiger partial charge is 0.772 e. The van der Waals surface area contributed by atoms with Crippen molar-refractivity contribution in [1.82, 2.24) is 9.71 Å². The number of anilines is 9. The summed E-state index contributed by atoms with van der Waals surface area (Å²) < 4.78 is 117. The van der Waals surface area contributed by atoms with Crippen molar-refractivity contribution in [3.8, 4) is 0 Å². The number of aliphatic hydroxyl groups is 2. The number of aliphatic hydroxyl groups excluding tert-OH is 2. The number of nitrogens with two attached hydrogens (primary N) is 4. The summed E-state index contributed by atoms with van der Waals surface area (Å²) in [5, 5.41) is 53.7. The zero-order chi connectivity index (χ0) is 107. The van der Waals surface area contributed by atoms with Gasteiger partial charge in [0.15, 0.2) is 32.7 Å².